The zero-order chi connectivity index (χ0) is 17.8. The summed E-state index contributed by atoms with van der Waals surface area (Å²) in [5, 5.41) is 6.34. The third-order valence-electron chi connectivity index (χ3n) is 5.01. The fraction of sp³-hybridized carbons (Fsp3) is 0.381. The molecule has 0 bridgehead atoms. The summed E-state index contributed by atoms with van der Waals surface area (Å²) in [6, 6.07) is 14.8. The number of nitrogens with zero attached hydrogens (tertiary/aromatic N) is 3. The lowest BCUT2D eigenvalue weighted by Gasteiger charge is -2.29. The van der Waals surface area contributed by atoms with Crippen LogP contribution in [0.25, 0.3) is 10.9 Å². The molecule has 0 radical (unpaired) electrons. The van der Waals surface area contributed by atoms with E-state index in [0.29, 0.717) is 5.92 Å². The smallest absolute Gasteiger partial charge is 0.0680 e. The van der Waals surface area contributed by atoms with E-state index in [4.69, 9.17) is 11.6 Å². The van der Waals surface area contributed by atoms with E-state index in [0.717, 1.165) is 23.6 Å². The normalized spacial score (nSPS) is 11.4. The number of hydrogen-bond acceptors (Lipinski definition) is 2. The highest BCUT2D eigenvalue weighted by Crippen LogP contribution is 2.25. The van der Waals surface area contributed by atoms with E-state index in [-0.39, 0.29) is 0 Å². The van der Waals surface area contributed by atoms with Gasteiger partial charge in [-0.1, -0.05) is 50.4 Å². The lowest BCUT2D eigenvalue weighted by molar-refractivity contribution is 0.482. The number of anilines is 1. The molecule has 2 aromatic carbocycles. The average molecular weight is 356 g/mol. The van der Waals surface area contributed by atoms with Gasteiger partial charge in [-0.15, -0.1) is 0 Å². The topological polar surface area (TPSA) is 21.1 Å². The van der Waals surface area contributed by atoms with E-state index in [1.54, 1.807) is 0 Å². The van der Waals surface area contributed by atoms with Crippen LogP contribution >= 0.6 is 11.6 Å². The second-order valence-corrected chi connectivity index (χ2v) is 7.14. The van der Waals surface area contributed by atoms with Crippen molar-refractivity contribution < 1.29 is 0 Å². The number of halogens is 1. The lowest BCUT2D eigenvalue weighted by Crippen LogP contribution is -2.28. The van der Waals surface area contributed by atoms with Gasteiger partial charge in [0.15, 0.2) is 0 Å². The largest absolute Gasteiger partial charge is 0.367 e. The van der Waals surface area contributed by atoms with E-state index in [1.165, 1.54) is 29.5 Å². The average Bonchev–Trinajstić information content (AvgIpc) is 3.01. The Morgan fingerprint density at radius 1 is 1.08 bits per heavy atom. The first kappa shape index (κ1) is 17.8. The molecular formula is C21H26ClN3. The van der Waals surface area contributed by atoms with Gasteiger partial charge in [-0.25, -0.2) is 0 Å². The van der Waals surface area contributed by atoms with Gasteiger partial charge in [0.05, 0.1) is 11.7 Å². The maximum atomic E-state index is 6.04. The molecule has 0 saturated heterocycles. The van der Waals surface area contributed by atoms with Crippen LogP contribution in [0, 0.1) is 5.92 Å². The fourth-order valence-electron chi connectivity index (χ4n) is 3.28. The van der Waals surface area contributed by atoms with Crippen molar-refractivity contribution >= 4 is 28.2 Å². The van der Waals surface area contributed by atoms with Crippen LogP contribution in [0.4, 0.5) is 5.69 Å². The van der Waals surface area contributed by atoms with Gasteiger partial charge in [0, 0.05) is 36.2 Å². The predicted molar refractivity (Wildman–Crippen MR) is 107 cm³/mol. The number of benzene rings is 2. The van der Waals surface area contributed by atoms with Crippen LogP contribution < -0.4 is 4.90 Å². The van der Waals surface area contributed by atoms with Gasteiger partial charge >= 0.3 is 0 Å². The number of aryl methyl sites for hydroxylation is 1. The summed E-state index contributed by atoms with van der Waals surface area (Å²) in [5.74, 6) is 0.692. The van der Waals surface area contributed by atoms with Gasteiger partial charge in [-0.2, -0.15) is 5.10 Å². The summed E-state index contributed by atoms with van der Waals surface area (Å²) in [6.45, 7) is 6.50. The van der Waals surface area contributed by atoms with Crippen molar-refractivity contribution in [3.05, 3.63) is 59.2 Å². The van der Waals surface area contributed by atoms with Crippen molar-refractivity contribution in [2.24, 2.45) is 13.0 Å². The van der Waals surface area contributed by atoms with E-state index in [2.05, 4.69) is 54.2 Å². The standard InChI is InChI=1S/C21H26ClN3/c1-4-16(5-2)14-25(15-17-6-8-19(22)9-7-17)20-10-11-21-18(12-20)13-23-24(21)3/h6-13,16H,4-5,14-15H2,1-3H3. The SMILES string of the molecule is CCC(CC)CN(Cc1ccc(Cl)cc1)c1ccc2c(cnn2C)c1. The van der Waals surface area contributed by atoms with E-state index < -0.39 is 0 Å². The van der Waals surface area contributed by atoms with Crippen LogP contribution in [-0.2, 0) is 13.6 Å². The molecule has 3 nitrogen and oxygen atoms in total. The Balaban J connectivity index is 1.91. The molecule has 0 N–H and O–H groups in total. The van der Waals surface area contributed by atoms with Crippen molar-refractivity contribution in [1.29, 1.82) is 0 Å². The van der Waals surface area contributed by atoms with Crippen LogP contribution in [0.15, 0.2) is 48.7 Å². The molecular weight excluding hydrogens is 330 g/mol. The molecule has 0 fully saturated rings. The van der Waals surface area contributed by atoms with Crippen LogP contribution in [0.3, 0.4) is 0 Å². The molecule has 4 heteroatoms. The number of rotatable bonds is 7. The third-order valence-corrected chi connectivity index (χ3v) is 5.27. The minimum Gasteiger partial charge on any atom is -0.367 e. The van der Waals surface area contributed by atoms with Gasteiger partial charge in [-0.05, 0) is 41.8 Å². The first-order valence-corrected chi connectivity index (χ1v) is 9.39. The molecule has 1 heterocycles. The molecule has 0 atom stereocenters. The zero-order valence-corrected chi connectivity index (χ0v) is 16.0. The quantitative estimate of drug-likeness (QED) is 0.544. The maximum Gasteiger partial charge on any atom is 0.0680 e. The minimum atomic E-state index is 0.692. The molecule has 0 aliphatic rings. The summed E-state index contributed by atoms with van der Waals surface area (Å²) in [7, 11) is 1.98. The molecule has 0 aliphatic heterocycles. The highest BCUT2D eigenvalue weighted by molar-refractivity contribution is 6.30. The van der Waals surface area contributed by atoms with Crippen molar-refractivity contribution in [1.82, 2.24) is 9.78 Å². The van der Waals surface area contributed by atoms with Gasteiger partial charge in [0.2, 0.25) is 0 Å². The molecule has 0 spiro atoms. The van der Waals surface area contributed by atoms with E-state index >= 15 is 0 Å². The summed E-state index contributed by atoms with van der Waals surface area (Å²) < 4.78 is 1.92. The lowest BCUT2D eigenvalue weighted by atomic mass is 10.0. The Morgan fingerprint density at radius 3 is 2.48 bits per heavy atom. The van der Waals surface area contributed by atoms with Crippen LogP contribution in [0.1, 0.15) is 32.3 Å². The van der Waals surface area contributed by atoms with Crippen LogP contribution in [-0.4, -0.2) is 16.3 Å². The Bertz CT molecular complexity index is 819. The maximum absolute atomic E-state index is 6.04. The Hall–Kier alpha value is -2.00. The van der Waals surface area contributed by atoms with Gasteiger partial charge in [-0.3, -0.25) is 4.68 Å². The highest BCUT2D eigenvalue weighted by atomic mass is 35.5. The summed E-state index contributed by atoms with van der Waals surface area (Å²) in [5.41, 5.74) is 3.70. The molecule has 3 aromatic rings. The van der Waals surface area contributed by atoms with Crippen molar-refractivity contribution in [3.8, 4) is 0 Å². The fourth-order valence-corrected chi connectivity index (χ4v) is 3.40. The molecule has 0 unspecified atom stereocenters. The predicted octanol–water partition coefficient (Wildman–Crippen LogP) is 5.67. The molecule has 0 saturated carbocycles. The van der Waals surface area contributed by atoms with Crippen LogP contribution in [0.5, 0.6) is 0 Å². The van der Waals surface area contributed by atoms with Crippen LogP contribution in [0.2, 0.25) is 5.02 Å². The van der Waals surface area contributed by atoms with Crippen molar-refractivity contribution in [2.45, 2.75) is 33.2 Å². The Labute approximate surface area is 155 Å². The molecule has 132 valence electrons. The zero-order valence-electron chi connectivity index (χ0n) is 15.2. The first-order valence-electron chi connectivity index (χ1n) is 9.01. The van der Waals surface area contributed by atoms with Gasteiger partial charge in [0.1, 0.15) is 0 Å². The summed E-state index contributed by atoms with van der Waals surface area (Å²) in [4.78, 5) is 2.48. The third kappa shape index (κ3) is 4.16. The molecule has 0 amide bonds. The second-order valence-electron chi connectivity index (χ2n) is 6.70. The molecule has 0 aliphatic carbocycles. The number of hydrogen-bond donors (Lipinski definition) is 0. The van der Waals surface area contributed by atoms with Gasteiger partial charge < -0.3 is 4.90 Å². The van der Waals surface area contributed by atoms with Crippen molar-refractivity contribution in [3.63, 3.8) is 0 Å². The number of aromatic nitrogens is 2. The monoisotopic (exact) mass is 355 g/mol. The minimum absolute atomic E-state index is 0.692. The van der Waals surface area contributed by atoms with E-state index in [1.807, 2.05) is 30.1 Å². The van der Waals surface area contributed by atoms with Crippen molar-refractivity contribution in [2.75, 3.05) is 11.4 Å². The number of fused-ring (bicyclic) bond motifs is 1. The molecule has 25 heavy (non-hydrogen) atoms. The molecule has 3 rings (SSSR count). The first-order chi connectivity index (χ1) is 12.1. The Kier molecular flexibility index (Phi) is 5.64. The summed E-state index contributed by atoms with van der Waals surface area (Å²) in [6.07, 6.45) is 4.34. The van der Waals surface area contributed by atoms with Gasteiger partial charge in [0.25, 0.3) is 0 Å². The highest BCUT2D eigenvalue weighted by Gasteiger charge is 2.14. The second kappa shape index (κ2) is 7.92. The summed E-state index contributed by atoms with van der Waals surface area (Å²) >= 11 is 6.04. The van der Waals surface area contributed by atoms with E-state index in [9.17, 15) is 0 Å². The Morgan fingerprint density at radius 2 is 1.80 bits per heavy atom. The molecule has 1 aromatic heterocycles.